The van der Waals surface area contributed by atoms with Crippen LogP contribution in [0, 0.1) is 0 Å². The molecule has 8 nitrogen and oxygen atoms in total. The Kier molecular flexibility index (Phi) is 3.60. The molecule has 3 heterocycles. The molecule has 9 heteroatoms. The first-order valence-electron chi connectivity index (χ1n) is 6.95. The van der Waals surface area contributed by atoms with Gasteiger partial charge in [-0.15, -0.1) is 16.4 Å². The molecule has 0 radical (unpaired) electrons. The number of carbonyl (C=O) groups excluding carboxylic acids is 1. The molecule has 0 aliphatic rings. The van der Waals surface area contributed by atoms with Crippen LogP contribution in [0.3, 0.4) is 0 Å². The highest BCUT2D eigenvalue weighted by molar-refractivity contribution is 7.13. The Morgan fingerprint density at radius 3 is 2.96 bits per heavy atom. The molecule has 0 atom stereocenters. The zero-order chi connectivity index (χ0) is 16.4. The number of carbonyl (C=O) groups is 1. The van der Waals surface area contributed by atoms with E-state index in [9.17, 15) is 4.79 Å². The molecule has 4 rings (SSSR count). The van der Waals surface area contributed by atoms with Gasteiger partial charge < -0.3 is 9.84 Å². The first-order chi connectivity index (χ1) is 11.8. The summed E-state index contributed by atoms with van der Waals surface area (Å²) in [6.45, 7) is 0. The summed E-state index contributed by atoms with van der Waals surface area (Å²) in [6.07, 6.45) is 1.48. The highest BCUT2D eigenvalue weighted by Gasteiger charge is 2.14. The van der Waals surface area contributed by atoms with Crippen LogP contribution in [0.4, 0.5) is 5.69 Å². The second-order valence-corrected chi connectivity index (χ2v) is 5.76. The van der Waals surface area contributed by atoms with Gasteiger partial charge in [-0.25, -0.2) is 4.68 Å². The monoisotopic (exact) mass is 338 g/mol. The Hall–Kier alpha value is -3.33. The predicted molar refractivity (Wildman–Crippen MR) is 86.9 cm³/mol. The van der Waals surface area contributed by atoms with E-state index in [0.29, 0.717) is 11.4 Å². The Bertz CT molecular complexity index is 962. The molecule has 1 N–H and O–H groups in total. The molecular weight excluding hydrogens is 328 g/mol. The number of rotatable bonds is 4. The number of nitrogens with one attached hydrogen (secondary N) is 1. The van der Waals surface area contributed by atoms with Crippen LogP contribution in [0.15, 0.2) is 58.7 Å². The van der Waals surface area contributed by atoms with Crippen molar-refractivity contribution in [3.8, 4) is 16.3 Å². The summed E-state index contributed by atoms with van der Waals surface area (Å²) < 4.78 is 6.72. The highest BCUT2D eigenvalue weighted by Crippen LogP contribution is 2.25. The number of hydrogen-bond donors (Lipinski definition) is 1. The van der Waals surface area contributed by atoms with Crippen molar-refractivity contribution in [2.45, 2.75) is 0 Å². The molecule has 0 spiro atoms. The summed E-state index contributed by atoms with van der Waals surface area (Å²) in [6, 6.07) is 12.6. The van der Waals surface area contributed by atoms with Crippen molar-refractivity contribution in [3.05, 3.63) is 59.9 Å². The van der Waals surface area contributed by atoms with Crippen LogP contribution >= 0.6 is 11.3 Å². The lowest BCUT2D eigenvalue weighted by molar-refractivity contribution is 0.101. The molecule has 0 fully saturated rings. The fourth-order valence-electron chi connectivity index (χ4n) is 2.12. The Labute approximate surface area is 139 Å². The van der Waals surface area contributed by atoms with E-state index in [4.69, 9.17) is 4.52 Å². The lowest BCUT2D eigenvalue weighted by atomic mass is 10.2. The predicted octanol–water partition coefficient (Wildman–Crippen LogP) is 2.63. The number of anilines is 1. The maximum Gasteiger partial charge on any atom is 0.277 e. The lowest BCUT2D eigenvalue weighted by Gasteiger charge is -2.05. The number of hydrogen-bond acceptors (Lipinski definition) is 7. The van der Waals surface area contributed by atoms with Crippen molar-refractivity contribution in [3.63, 3.8) is 0 Å². The van der Waals surface area contributed by atoms with E-state index >= 15 is 0 Å². The van der Waals surface area contributed by atoms with E-state index in [0.717, 1.165) is 10.6 Å². The standard InChI is InChI=1S/C15H10N6O2S/c22-15(12-8-13(23-18-12)14-5-2-6-24-14)17-10-3-1-4-11(7-10)21-9-16-19-20-21/h1-9H,(H,17,22). The number of amides is 1. The SMILES string of the molecule is O=C(Nc1cccc(-n2cnnn2)c1)c1cc(-c2cccs2)on1. The summed E-state index contributed by atoms with van der Waals surface area (Å²) in [5, 5.41) is 19.5. The van der Waals surface area contributed by atoms with Gasteiger partial charge >= 0.3 is 0 Å². The topological polar surface area (TPSA) is 98.7 Å². The molecule has 118 valence electrons. The van der Waals surface area contributed by atoms with Gasteiger partial charge in [-0.2, -0.15) is 0 Å². The van der Waals surface area contributed by atoms with Gasteiger partial charge in [0.2, 0.25) is 0 Å². The minimum Gasteiger partial charge on any atom is -0.355 e. The van der Waals surface area contributed by atoms with Crippen molar-refractivity contribution in [2.24, 2.45) is 0 Å². The first kappa shape index (κ1) is 14.3. The minimum absolute atomic E-state index is 0.214. The normalized spacial score (nSPS) is 10.7. The van der Waals surface area contributed by atoms with E-state index < -0.39 is 0 Å². The average Bonchev–Trinajstić information content (AvgIpc) is 3.36. The van der Waals surface area contributed by atoms with Crippen LogP contribution in [-0.4, -0.2) is 31.3 Å². The van der Waals surface area contributed by atoms with Crippen molar-refractivity contribution in [2.75, 3.05) is 5.32 Å². The van der Waals surface area contributed by atoms with Crippen LogP contribution < -0.4 is 5.32 Å². The summed E-state index contributed by atoms with van der Waals surface area (Å²) in [5.41, 5.74) is 1.55. The fraction of sp³-hybridized carbons (Fsp3) is 0. The molecule has 3 aromatic heterocycles. The Balaban J connectivity index is 1.53. The highest BCUT2D eigenvalue weighted by atomic mass is 32.1. The lowest BCUT2D eigenvalue weighted by Crippen LogP contribution is -2.12. The first-order valence-corrected chi connectivity index (χ1v) is 7.83. The molecule has 0 aliphatic heterocycles. The molecule has 0 unspecified atom stereocenters. The molecule has 0 aliphatic carbocycles. The third-order valence-corrected chi connectivity index (χ3v) is 4.11. The van der Waals surface area contributed by atoms with Crippen LogP contribution in [0.1, 0.15) is 10.5 Å². The number of nitrogens with zero attached hydrogens (tertiary/aromatic N) is 5. The molecule has 0 saturated heterocycles. The van der Waals surface area contributed by atoms with Crippen LogP contribution in [0.25, 0.3) is 16.3 Å². The number of aromatic nitrogens is 5. The summed E-state index contributed by atoms with van der Waals surface area (Å²) in [7, 11) is 0. The second kappa shape index (κ2) is 6.05. The van der Waals surface area contributed by atoms with E-state index in [1.165, 1.54) is 22.3 Å². The fourth-order valence-corrected chi connectivity index (χ4v) is 2.79. The minimum atomic E-state index is -0.351. The second-order valence-electron chi connectivity index (χ2n) is 4.81. The van der Waals surface area contributed by atoms with E-state index in [1.54, 1.807) is 24.3 Å². The average molecular weight is 338 g/mol. The zero-order valence-corrected chi connectivity index (χ0v) is 13.0. The Morgan fingerprint density at radius 2 is 2.17 bits per heavy atom. The maximum atomic E-state index is 12.3. The van der Waals surface area contributed by atoms with Crippen molar-refractivity contribution in [1.29, 1.82) is 0 Å². The van der Waals surface area contributed by atoms with Gasteiger partial charge in [-0.05, 0) is 40.1 Å². The smallest absolute Gasteiger partial charge is 0.277 e. The van der Waals surface area contributed by atoms with Crippen LogP contribution in [-0.2, 0) is 0 Å². The number of benzene rings is 1. The van der Waals surface area contributed by atoms with Crippen LogP contribution in [0.2, 0.25) is 0 Å². The largest absolute Gasteiger partial charge is 0.355 e. The van der Waals surface area contributed by atoms with E-state index in [1.807, 2.05) is 23.6 Å². The van der Waals surface area contributed by atoms with Gasteiger partial charge in [0, 0.05) is 11.8 Å². The van der Waals surface area contributed by atoms with Gasteiger partial charge in [0.1, 0.15) is 6.33 Å². The van der Waals surface area contributed by atoms with Crippen molar-refractivity contribution >= 4 is 22.9 Å². The van der Waals surface area contributed by atoms with Gasteiger partial charge in [0.25, 0.3) is 5.91 Å². The van der Waals surface area contributed by atoms with Crippen molar-refractivity contribution in [1.82, 2.24) is 25.4 Å². The number of tetrazole rings is 1. The van der Waals surface area contributed by atoms with Gasteiger partial charge in [0.15, 0.2) is 11.5 Å². The molecule has 0 saturated carbocycles. The molecule has 1 amide bonds. The summed E-state index contributed by atoms with van der Waals surface area (Å²) >= 11 is 1.52. The molecule has 1 aromatic carbocycles. The number of thiophene rings is 1. The van der Waals surface area contributed by atoms with E-state index in [2.05, 4.69) is 26.0 Å². The third-order valence-electron chi connectivity index (χ3n) is 3.22. The maximum absolute atomic E-state index is 12.3. The van der Waals surface area contributed by atoms with Gasteiger partial charge in [0.05, 0.1) is 10.6 Å². The Morgan fingerprint density at radius 1 is 1.21 bits per heavy atom. The molecular formula is C15H10N6O2S. The van der Waals surface area contributed by atoms with Crippen molar-refractivity contribution < 1.29 is 9.32 Å². The molecule has 24 heavy (non-hydrogen) atoms. The zero-order valence-electron chi connectivity index (χ0n) is 12.2. The van der Waals surface area contributed by atoms with E-state index in [-0.39, 0.29) is 11.6 Å². The van der Waals surface area contributed by atoms with Crippen LogP contribution in [0.5, 0.6) is 0 Å². The molecule has 0 bridgehead atoms. The molecule has 4 aromatic rings. The quantitative estimate of drug-likeness (QED) is 0.614. The van der Waals surface area contributed by atoms with Gasteiger partial charge in [-0.3, -0.25) is 4.79 Å². The summed E-state index contributed by atoms with van der Waals surface area (Å²) in [5.74, 6) is 0.216. The third kappa shape index (κ3) is 2.79. The summed E-state index contributed by atoms with van der Waals surface area (Å²) in [4.78, 5) is 13.2. The van der Waals surface area contributed by atoms with Gasteiger partial charge in [-0.1, -0.05) is 17.3 Å².